The van der Waals surface area contributed by atoms with Gasteiger partial charge in [-0.15, -0.1) is 0 Å². The molecule has 3 N–H and O–H groups in total. The Balaban J connectivity index is 5.35. The minimum absolute atomic E-state index is 0.0258. The van der Waals surface area contributed by atoms with Crippen molar-refractivity contribution >= 4 is 39.5 Å². The van der Waals surface area contributed by atoms with Crippen LogP contribution in [0.15, 0.2) is 48.6 Å². The fraction of sp³-hybridized carbons (Fsp3) is 0.862. The Morgan fingerprint density at radius 1 is 0.264 bits per heavy atom. The lowest BCUT2D eigenvalue weighted by atomic mass is 10.0. The lowest BCUT2D eigenvalue weighted by Crippen LogP contribution is -2.30. The van der Waals surface area contributed by atoms with Gasteiger partial charge in [-0.05, 0) is 64.2 Å². The van der Waals surface area contributed by atoms with Crippen LogP contribution in [0.4, 0.5) is 0 Å². The monoisotopic (exact) mass is 1540 g/mol. The van der Waals surface area contributed by atoms with Crippen molar-refractivity contribution in [2.45, 2.75) is 444 Å². The van der Waals surface area contributed by atoms with Crippen LogP contribution >= 0.6 is 15.6 Å². The van der Waals surface area contributed by atoms with Gasteiger partial charge in [0.2, 0.25) is 0 Å². The first-order valence-corrected chi connectivity index (χ1v) is 46.9. The SMILES string of the molecule is CCCCC/C=C\C/C=C\C/C=C\C/C=C\CCCC(=O)O[C@H](COC(=O)CCCCCCCCCCCCCCCCC)COP(=O)(O)OC[C@H](O)COP(=O)(O)OC[C@@H](COC(=O)CCCCCCCCCCCCCCCCCCC)OC(=O)CCCCCCCCCCCCCCCCCCC. The maximum Gasteiger partial charge on any atom is 0.472 e. The largest absolute Gasteiger partial charge is 0.472 e. The number of aliphatic hydroxyl groups excluding tert-OH is 1. The van der Waals surface area contributed by atoms with Crippen LogP contribution in [0.3, 0.4) is 0 Å². The number of ether oxygens (including phenoxy) is 4. The fourth-order valence-electron chi connectivity index (χ4n) is 12.6. The van der Waals surface area contributed by atoms with Gasteiger partial charge in [-0.3, -0.25) is 37.3 Å². The Labute approximate surface area is 648 Å². The second kappa shape index (κ2) is 80.1. The van der Waals surface area contributed by atoms with E-state index in [1.807, 2.05) is 12.2 Å². The standard InChI is InChI=1S/C87H162O17P2/c1-5-9-13-17-21-25-29-33-37-40-44-48-52-56-60-64-68-72-85(90)98-78-83(104-87(92)74-70-66-62-58-54-50-46-42-39-35-31-27-23-19-15-11-7-3)80-102-106(95,96)100-76-81(88)75-99-105(93,94)101-79-82(77-97-84(89)71-67-63-59-55-51-47-43-36-32-28-24-20-16-12-8-4)103-86(91)73-69-65-61-57-53-49-45-41-38-34-30-26-22-18-14-10-6-2/h22,26,34,38,45,49,57,61,81-83,88H,5-21,23-25,27-33,35-37,39-44,46-48,50-56,58-60,62-80H2,1-4H3,(H,93,94)(H,95,96)/b26-22-,38-34-,49-45-,61-57-/t81-,82+,83+/m0/s1. The number of esters is 4. The van der Waals surface area contributed by atoms with E-state index in [1.165, 1.54) is 250 Å². The lowest BCUT2D eigenvalue weighted by Gasteiger charge is -2.21. The molecule has 0 fully saturated rings. The quantitative estimate of drug-likeness (QED) is 0.0169. The Morgan fingerprint density at radius 3 is 0.745 bits per heavy atom. The number of unbranched alkanes of at least 4 members (excludes halogenated alkanes) is 50. The molecule has 5 atom stereocenters. The van der Waals surface area contributed by atoms with E-state index in [0.717, 1.165) is 89.9 Å². The zero-order valence-corrected chi connectivity index (χ0v) is 70.2. The van der Waals surface area contributed by atoms with Gasteiger partial charge >= 0.3 is 39.5 Å². The van der Waals surface area contributed by atoms with Gasteiger partial charge in [-0.2, -0.15) is 0 Å². The molecule has 0 saturated carbocycles. The molecule has 2 unspecified atom stereocenters. The molecule has 622 valence electrons. The molecular weight excluding hydrogens is 1380 g/mol. The average Bonchev–Trinajstić information content (AvgIpc) is 0.902. The Bertz CT molecular complexity index is 2190. The number of aliphatic hydroxyl groups is 1. The number of phosphoric ester groups is 2. The molecule has 0 saturated heterocycles. The molecule has 0 aliphatic heterocycles. The van der Waals surface area contributed by atoms with Crippen molar-refractivity contribution in [1.82, 2.24) is 0 Å². The fourth-order valence-corrected chi connectivity index (χ4v) is 14.2. The zero-order valence-electron chi connectivity index (χ0n) is 68.4. The molecule has 0 aliphatic carbocycles. The van der Waals surface area contributed by atoms with E-state index in [4.69, 9.17) is 37.0 Å². The molecule has 0 aromatic rings. The van der Waals surface area contributed by atoms with Crippen molar-refractivity contribution in [3.63, 3.8) is 0 Å². The minimum atomic E-state index is -4.99. The number of allylic oxidation sites excluding steroid dienone is 8. The highest BCUT2D eigenvalue weighted by Gasteiger charge is 2.30. The van der Waals surface area contributed by atoms with Gasteiger partial charge in [0.25, 0.3) is 0 Å². The van der Waals surface area contributed by atoms with E-state index in [1.54, 1.807) is 0 Å². The van der Waals surface area contributed by atoms with Crippen LogP contribution in [0.25, 0.3) is 0 Å². The number of rotatable bonds is 84. The van der Waals surface area contributed by atoms with Crippen LogP contribution in [-0.2, 0) is 65.4 Å². The third kappa shape index (κ3) is 79.1. The molecule has 0 rings (SSSR count). The van der Waals surface area contributed by atoms with Crippen LogP contribution in [-0.4, -0.2) is 96.7 Å². The summed E-state index contributed by atoms with van der Waals surface area (Å²) >= 11 is 0. The average molecular weight is 1540 g/mol. The summed E-state index contributed by atoms with van der Waals surface area (Å²) in [5, 5.41) is 10.7. The summed E-state index contributed by atoms with van der Waals surface area (Å²) < 4.78 is 68.8. The van der Waals surface area contributed by atoms with Gasteiger partial charge < -0.3 is 33.8 Å². The summed E-state index contributed by atoms with van der Waals surface area (Å²) in [4.78, 5) is 73.2. The van der Waals surface area contributed by atoms with Crippen molar-refractivity contribution in [2.75, 3.05) is 39.6 Å². The van der Waals surface area contributed by atoms with Crippen LogP contribution < -0.4 is 0 Å². The Morgan fingerprint density at radius 2 is 0.472 bits per heavy atom. The van der Waals surface area contributed by atoms with Crippen molar-refractivity contribution in [2.24, 2.45) is 0 Å². The van der Waals surface area contributed by atoms with Crippen molar-refractivity contribution in [1.29, 1.82) is 0 Å². The predicted molar refractivity (Wildman–Crippen MR) is 437 cm³/mol. The maximum absolute atomic E-state index is 13.1. The molecule has 19 heteroatoms. The van der Waals surface area contributed by atoms with Gasteiger partial charge in [0.15, 0.2) is 12.2 Å². The predicted octanol–water partition coefficient (Wildman–Crippen LogP) is 26.0. The lowest BCUT2D eigenvalue weighted by molar-refractivity contribution is -0.161. The zero-order chi connectivity index (χ0) is 77.4. The highest BCUT2D eigenvalue weighted by molar-refractivity contribution is 7.47. The van der Waals surface area contributed by atoms with Gasteiger partial charge in [-0.25, -0.2) is 9.13 Å². The second-order valence-corrected chi connectivity index (χ2v) is 32.8. The van der Waals surface area contributed by atoms with E-state index in [0.29, 0.717) is 32.1 Å². The Kier molecular flexibility index (Phi) is 77.8. The van der Waals surface area contributed by atoms with Gasteiger partial charge in [0, 0.05) is 25.7 Å². The first-order chi connectivity index (χ1) is 51.7. The first kappa shape index (κ1) is 103. The summed E-state index contributed by atoms with van der Waals surface area (Å²) in [6.07, 6.45) is 80.8. The second-order valence-electron chi connectivity index (χ2n) is 29.9. The summed E-state index contributed by atoms with van der Waals surface area (Å²) in [7, 11) is -9.96. The van der Waals surface area contributed by atoms with Crippen LogP contribution in [0.2, 0.25) is 0 Å². The molecule has 0 amide bonds. The van der Waals surface area contributed by atoms with E-state index in [9.17, 15) is 43.2 Å². The van der Waals surface area contributed by atoms with Gasteiger partial charge in [0.05, 0.1) is 26.4 Å². The molecule has 0 radical (unpaired) electrons. The third-order valence-electron chi connectivity index (χ3n) is 19.3. The highest BCUT2D eigenvalue weighted by Crippen LogP contribution is 2.45. The highest BCUT2D eigenvalue weighted by atomic mass is 31.2. The molecule has 0 spiro atoms. The minimum Gasteiger partial charge on any atom is -0.462 e. The van der Waals surface area contributed by atoms with Crippen LogP contribution in [0.5, 0.6) is 0 Å². The van der Waals surface area contributed by atoms with Crippen molar-refractivity contribution in [3.05, 3.63) is 48.6 Å². The third-order valence-corrected chi connectivity index (χ3v) is 21.2. The van der Waals surface area contributed by atoms with E-state index < -0.39 is 97.5 Å². The molecule has 17 nitrogen and oxygen atoms in total. The molecule has 0 bridgehead atoms. The number of carbonyl (C=O) groups excluding carboxylic acids is 4. The topological polar surface area (TPSA) is 237 Å². The number of phosphoric acid groups is 2. The van der Waals surface area contributed by atoms with E-state index in [2.05, 4.69) is 64.2 Å². The maximum atomic E-state index is 13.1. The van der Waals surface area contributed by atoms with E-state index in [-0.39, 0.29) is 25.7 Å². The molecule has 0 heterocycles. The van der Waals surface area contributed by atoms with E-state index >= 15 is 0 Å². The van der Waals surface area contributed by atoms with Crippen molar-refractivity contribution in [3.8, 4) is 0 Å². The van der Waals surface area contributed by atoms with Gasteiger partial charge in [-0.1, -0.05) is 385 Å². The van der Waals surface area contributed by atoms with Gasteiger partial charge in [0.1, 0.15) is 19.3 Å². The van der Waals surface area contributed by atoms with Crippen LogP contribution in [0, 0.1) is 0 Å². The molecule has 106 heavy (non-hydrogen) atoms. The first-order valence-electron chi connectivity index (χ1n) is 43.9. The Hall–Kier alpha value is -2.98. The molecule has 0 aromatic heterocycles. The van der Waals surface area contributed by atoms with Crippen LogP contribution in [0.1, 0.15) is 426 Å². The number of carbonyl (C=O) groups is 4. The summed E-state index contributed by atoms with van der Waals surface area (Å²) in [6.45, 7) is 4.93. The summed E-state index contributed by atoms with van der Waals surface area (Å²) in [6, 6.07) is 0. The van der Waals surface area contributed by atoms with Crippen molar-refractivity contribution < 1.29 is 80.2 Å². The number of hydrogen-bond acceptors (Lipinski definition) is 15. The summed E-state index contributed by atoms with van der Waals surface area (Å²) in [5.74, 6) is -2.19. The summed E-state index contributed by atoms with van der Waals surface area (Å²) in [5.41, 5.74) is 0. The molecule has 0 aromatic carbocycles. The number of hydrogen-bond donors (Lipinski definition) is 3. The normalized spacial score (nSPS) is 14.0. The smallest absolute Gasteiger partial charge is 0.462 e. The molecular formula is C87H162O17P2. The molecule has 0 aliphatic rings.